The highest BCUT2D eigenvalue weighted by atomic mass is 16.3. The molecule has 4 nitrogen and oxygen atoms in total. The van der Waals surface area contributed by atoms with Crippen molar-refractivity contribution in [3.05, 3.63) is 77.9 Å². The Morgan fingerprint density at radius 1 is 1.00 bits per heavy atom. The van der Waals surface area contributed by atoms with Crippen LogP contribution in [0.4, 0.5) is 0 Å². The van der Waals surface area contributed by atoms with Gasteiger partial charge >= 0.3 is 0 Å². The fourth-order valence-corrected chi connectivity index (χ4v) is 2.95. The van der Waals surface area contributed by atoms with E-state index in [1.807, 2.05) is 19.2 Å². The molecule has 0 aliphatic carbocycles. The van der Waals surface area contributed by atoms with Gasteiger partial charge in [0, 0.05) is 31.5 Å². The number of hydrogen-bond donors (Lipinski definition) is 2. The van der Waals surface area contributed by atoms with Gasteiger partial charge in [0.1, 0.15) is 5.82 Å². The molecule has 1 heterocycles. The Morgan fingerprint density at radius 3 is 2.46 bits per heavy atom. The number of aliphatic hydroxyl groups excluding tert-OH is 1. The van der Waals surface area contributed by atoms with Gasteiger partial charge in [-0.05, 0) is 23.6 Å². The van der Waals surface area contributed by atoms with Crippen molar-refractivity contribution in [2.24, 2.45) is 0 Å². The van der Waals surface area contributed by atoms with Gasteiger partial charge in [-0.2, -0.15) is 0 Å². The van der Waals surface area contributed by atoms with Crippen LogP contribution >= 0.6 is 0 Å². The number of aromatic nitrogens is 2. The molecule has 0 radical (unpaired) electrons. The van der Waals surface area contributed by atoms with E-state index in [-0.39, 0.29) is 6.61 Å². The van der Waals surface area contributed by atoms with Crippen molar-refractivity contribution in [3.8, 4) is 11.1 Å². The molecule has 0 aliphatic heterocycles. The van der Waals surface area contributed by atoms with E-state index in [0.29, 0.717) is 6.54 Å². The van der Waals surface area contributed by atoms with E-state index >= 15 is 0 Å². The largest absolute Gasteiger partial charge is 0.395 e. The zero-order valence-electron chi connectivity index (χ0n) is 13.9. The van der Waals surface area contributed by atoms with E-state index in [1.165, 1.54) is 16.7 Å². The first-order chi connectivity index (χ1) is 11.8. The summed E-state index contributed by atoms with van der Waals surface area (Å²) in [7, 11) is 0. The van der Waals surface area contributed by atoms with Crippen LogP contribution in [0.5, 0.6) is 0 Å². The summed E-state index contributed by atoms with van der Waals surface area (Å²) in [4.78, 5) is 9.75. The number of H-pyrrole nitrogens is 1. The number of nitrogens with one attached hydrogen (secondary N) is 1. The quantitative estimate of drug-likeness (QED) is 0.701. The topological polar surface area (TPSA) is 52.1 Å². The average Bonchev–Trinajstić information content (AvgIpc) is 3.01. The van der Waals surface area contributed by atoms with E-state index in [9.17, 15) is 5.11 Å². The standard InChI is InChI=1S/C20H23N3O/c1-16-21-13-19(22-16)15-23(11-12-24)14-18-9-5-6-10-20(18)17-7-3-2-4-8-17/h2-10,13,24H,11-12,14-15H2,1H3,(H,21,22). The third kappa shape index (κ3) is 4.10. The lowest BCUT2D eigenvalue weighted by molar-refractivity contribution is 0.183. The Bertz CT molecular complexity index is 767. The molecule has 3 rings (SSSR count). The van der Waals surface area contributed by atoms with Gasteiger partial charge in [0.15, 0.2) is 0 Å². The average molecular weight is 321 g/mol. The van der Waals surface area contributed by atoms with Crippen LogP contribution in [-0.2, 0) is 13.1 Å². The second kappa shape index (κ2) is 7.90. The van der Waals surface area contributed by atoms with Crippen LogP contribution in [0.25, 0.3) is 11.1 Å². The molecule has 0 bridgehead atoms. The molecule has 3 aromatic rings. The molecular weight excluding hydrogens is 298 g/mol. The number of nitrogens with zero attached hydrogens (tertiary/aromatic N) is 2. The molecule has 1 aromatic heterocycles. The smallest absolute Gasteiger partial charge is 0.103 e. The summed E-state index contributed by atoms with van der Waals surface area (Å²) in [6.45, 7) is 4.24. The molecule has 0 saturated carbocycles. The van der Waals surface area contributed by atoms with Gasteiger partial charge in [0.05, 0.1) is 6.61 Å². The van der Waals surface area contributed by atoms with Crippen molar-refractivity contribution < 1.29 is 5.11 Å². The van der Waals surface area contributed by atoms with Crippen LogP contribution in [0.2, 0.25) is 0 Å². The predicted molar refractivity (Wildman–Crippen MR) is 96.4 cm³/mol. The van der Waals surface area contributed by atoms with Gasteiger partial charge in [-0.1, -0.05) is 54.6 Å². The molecule has 0 aliphatic rings. The number of aromatic amines is 1. The van der Waals surface area contributed by atoms with E-state index in [1.54, 1.807) is 0 Å². The summed E-state index contributed by atoms with van der Waals surface area (Å²) < 4.78 is 0. The SMILES string of the molecule is Cc1ncc(CN(CCO)Cc2ccccc2-c2ccccc2)[nH]1. The second-order valence-corrected chi connectivity index (χ2v) is 5.95. The van der Waals surface area contributed by atoms with E-state index in [2.05, 4.69) is 63.4 Å². The number of benzene rings is 2. The van der Waals surface area contributed by atoms with Crippen molar-refractivity contribution in [3.63, 3.8) is 0 Å². The Morgan fingerprint density at radius 2 is 1.75 bits per heavy atom. The Labute approximate surface area is 142 Å². The molecule has 124 valence electrons. The minimum absolute atomic E-state index is 0.140. The lowest BCUT2D eigenvalue weighted by Gasteiger charge is -2.22. The van der Waals surface area contributed by atoms with Crippen LogP contribution < -0.4 is 0 Å². The summed E-state index contributed by atoms with van der Waals surface area (Å²) in [5.41, 5.74) is 4.78. The summed E-state index contributed by atoms with van der Waals surface area (Å²) in [6, 6.07) is 18.9. The highest BCUT2D eigenvalue weighted by molar-refractivity contribution is 5.67. The number of hydrogen-bond acceptors (Lipinski definition) is 3. The van der Waals surface area contributed by atoms with Crippen LogP contribution in [0.15, 0.2) is 60.8 Å². The van der Waals surface area contributed by atoms with Crippen LogP contribution in [0.1, 0.15) is 17.1 Å². The molecule has 0 spiro atoms. The third-order valence-electron chi connectivity index (χ3n) is 4.06. The fourth-order valence-electron chi connectivity index (χ4n) is 2.95. The Balaban J connectivity index is 1.82. The molecule has 0 saturated heterocycles. The van der Waals surface area contributed by atoms with E-state index in [4.69, 9.17) is 0 Å². The lowest BCUT2D eigenvalue weighted by atomic mass is 9.99. The van der Waals surface area contributed by atoms with Gasteiger partial charge in [0.25, 0.3) is 0 Å². The van der Waals surface area contributed by atoms with Crippen molar-refractivity contribution in [1.29, 1.82) is 0 Å². The normalized spacial score (nSPS) is 11.1. The van der Waals surface area contributed by atoms with Crippen molar-refractivity contribution in [1.82, 2.24) is 14.9 Å². The number of imidazole rings is 1. The molecule has 2 N–H and O–H groups in total. The van der Waals surface area contributed by atoms with Gasteiger partial charge < -0.3 is 10.1 Å². The van der Waals surface area contributed by atoms with Gasteiger partial charge in [-0.15, -0.1) is 0 Å². The summed E-state index contributed by atoms with van der Waals surface area (Å²) in [5.74, 6) is 0.915. The number of aryl methyl sites for hydroxylation is 1. The van der Waals surface area contributed by atoms with Gasteiger partial charge in [-0.25, -0.2) is 4.98 Å². The molecule has 2 aromatic carbocycles. The first-order valence-corrected chi connectivity index (χ1v) is 8.23. The first-order valence-electron chi connectivity index (χ1n) is 8.23. The van der Waals surface area contributed by atoms with E-state index in [0.717, 1.165) is 24.6 Å². The maximum atomic E-state index is 9.42. The van der Waals surface area contributed by atoms with Crippen LogP contribution in [0.3, 0.4) is 0 Å². The highest BCUT2D eigenvalue weighted by Crippen LogP contribution is 2.24. The van der Waals surface area contributed by atoms with Crippen molar-refractivity contribution in [2.45, 2.75) is 20.0 Å². The third-order valence-corrected chi connectivity index (χ3v) is 4.06. The number of rotatable bonds is 7. The maximum Gasteiger partial charge on any atom is 0.103 e. The first kappa shape index (κ1) is 16.4. The Kier molecular flexibility index (Phi) is 5.41. The second-order valence-electron chi connectivity index (χ2n) is 5.95. The monoisotopic (exact) mass is 321 g/mol. The highest BCUT2D eigenvalue weighted by Gasteiger charge is 2.11. The van der Waals surface area contributed by atoms with Crippen LogP contribution in [0, 0.1) is 6.92 Å². The Hall–Kier alpha value is -2.43. The minimum atomic E-state index is 0.140. The molecule has 0 atom stereocenters. The van der Waals surface area contributed by atoms with Gasteiger partial charge in [0.2, 0.25) is 0 Å². The maximum absolute atomic E-state index is 9.42. The minimum Gasteiger partial charge on any atom is -0.395 e. The lowest BCUT2D eigenvalue weighted by Crippen LogP contribution is -2.26. The van der Waals surface area contributed by atoms with Crippen LogP contribution in [-0.4, -0.2) is 33.1 Å². The molecule has 4 heteroatoms. The molecule has 24 heavy (non-hydrogen) atoms. The summed E-state index contributed by atoms with van der Waals surface area (Å²) in [6.07, 6.45) is 1.86. The predicted octanol–water partition coefficient (Wildman–Crippen LogP) is 3.38. The summed E-state index contributed by atoms with van der Waals surface area (Å²) >= 11 is 0. The number of aliphatic hydroxyl groups is 1. The van der Waals surface area contributed by atoms with Crippen molar-refractivity contribution >= 4 is 0 Å². The zero-order chi connectivity index (χ0) is 16.8. The fraction of sp³-hybridized carbons (Fsp3) is 0.250. The summed E-state index contributed by atoms with van der Waals surface area (Å²) in [5, 5.41) is 9.42. The molecule has 0 fully saturated rings. The van der Waals surface area contributed by atoms with Crippen molar-refractivity contribution in [2.75, 3.05) is 13.2 Å². The van der Waals surface area contributed by atoms with E-state index < -0.39 is 0 Å². The van der Waals surface area contributed by atoms with Gasteiger partial charge in [-0.3, -0.25) is 4.90 Å². The molecular formula is C20H23N3O. The molecule has 0 unspecified atom stereocenters. The zero-order valence-corrected chi connectivity index (χ0v) is 13.9. The molecule has 0 amide bonds.